The predicted molar refractivity (Wildman–Crippen MR) is 192 cm³/mol. The summed E-state index contributed by atoms with van der Waals surface area (Å²) in [5.74, 6) is 0. The van der Waals surface area contributed by atoms with E-state index in [0.29, 0.717) is 0 Å². The van der Waals surface area contributed by atoms with Crippen LogP contribution in [-0.2, 0) is 62.5 Å². The lowest BCUT2D eigenvalue weighted by Gasteiger charge is -2.45. The Kier molecular flexibility index (Phi) is 13.9. The van der Waals surface area contributed by atoms with Crippen LogP contribution in [0.4, 0.5) is 4.39 Å². The number of ether oxygens (including phenoxy) is 6. The van der Waals surface area contributed by atoms with E-state index in [1.54, 1.807) is 19.1 Å². The molecule has 4 aromatic carbocycles. The minimum absolute atomic E-state index is 0.115. The second-order valence-corrected chi connectivity index (χ2v) is 14.8. The number of alkyl halides is 1. The molecule has 10 atom stereocenters. The highest BCUT2D eigenvalue weighted by Crippen LogP contribution is 2.32. The van der Waals surface area contributed by atoms with Crippen molar-refractivity contribution in [3.63, 3.8) is 0 Å². The Bertz CT molecular complexity index is 1820. The van der Waals surface area contributed by atoms with Crippen molar-refractivity contribution in [1.29, 1.82) is 0 Å². The Morgan fingerprint density at radius 2 is 1.09 bits per heavy atom. The Morgan fingerprint density at radius 1 is 0.593 bits per heavy atom. The highest BCUT2D eigenvalue weighted by molar-refractivity contribution is 7.86. The van der Waals surface area contributed by atoms with E-state index >= 15 is 4.39 Å². The van der Waals surface area contributed by atoms with Crippen molar-refractivity contribution in [1.82, 2.24) is 0 Å². The first kappa shape index (κ1) is 40.0. The summed E-state index contributed by atoms with van der Waals surface area (Å²) in [6, 6.07) is 34.1. The van der Waals surface area contributed by atoms with Gasteiger partial charge in [0.15, 0.2) is 18.8 Å². The van der Waals surface area contributed by atoms with Crippen LogP contribution in [0.3, 0.4) is 0 Å². The predicted octanol–water partition coefficient (Wildman–Crippen LogP) is 3.98. The molecule has 2 aliphatic rings. The molecule has 0 bridgehead atoms. The van der Waals surface area contributed by atoms with Gasteiger partial charge in [0, 0.05) is 0 Å². The lowest BCUT2D eigenvalue weighted by atomic mass is 9.97. The molecule has 0 aliphatic carbocycles. The van der Waals surface area contributed by atoms with Gasteiger partial charge in [-0.3, -0.25) is 4.18 Å². The van der Waals surface area contributed by atoms with Gasteiger partial charge in [-0.25, -0.2) is 4.39 Å². The Balaban J connectivity index is 1.19. The second kappa shape index (κ2) is 18.8. The molecule has 2 saturated heterocycles. The molecular weight excluding hydrogens is 723 g/mol. The van der Waals surface area contributed by atoms with Crippen LogP contribution in [0.15, 0.2) is 120 Å². The maximum atomic E-state index is 15.5. The van der Waals surface area contributed by atoms with Gasteiger partial charge in [-0.1, -0.05) is 109 Å². The van der Waals surface area contributed by atoms with E-state index < -0.39 is 84.8 Å². The normalized spacial score (nSPS) is 28.8. The highest BCUT2D eigenvalue weighted by Gasteiger charge is 2.50. The summed E-state index contributed by atoms with van der Waals surface area (Å²) in [5, 5.41) is 32.5. The average Bonchev–Trinajstić information content (AvgIpc) is 3.19. The van der Waals surface area contributed by atoms with Crippen LogP contribution in [0.2, 0.25) is 0 Å². The van der Waals surface area contributed by atoms with Crippen molar-refractivity contribution < 1.29 is 60.7 Å². The fraction of sp³-hybridized carbons (Fsp3) is 0.400. The number of aliphatic hydroxyl groups is 3. The number of halogens is 1. The lowest BCUT2D eigenvalue weighted by molar-refractivity contribution is -0.333. The average molecular weight is 769 g/mol. The first-order valence-electron chi connectivity index (χ1n) is 17.6. The number of aliphatic hydroxyl groups excluding tert-OH is 3. The van der Waals surface area contributed by atoms with Gasteiger partial charge in [0.2, 0.25) is 0 Å². The standard InChI is InChI=1S/C40H45FO12S/c1-26-17-19-30(20-18-26)54(45,46)51-25-31-34(42)35(43)33(41)40(53-31)50-24-32-36(47-21-27-11-5-2-6-12-27)37(48-22-28-13-7-3-8-14-28)38(39(44)52-32)49-23-29-15-9-4-10-16-29/h2-20,31-40,42-44H,21-25H2,1H3/t31-,32-,33+,34-,35-,36-,37+,38+,39+,40+/m1/s1. The van der Waals surface area contributed by atoms with E-state index in [1.807, 2.05) is 91.0 Å². The van der Waals surface area contributed by atoms with Gasteiger partial charge in [-0.2, -0.15) is 8.42 Å². The molecule has 0 radical (unpaired) electrons. The number of hydrogen-bond acceptors (Lipinski definition) is 12. The van der Waals surface area contributed by atoms with Crippen LogP contribution >= 0.6 is 0 Å². The van der Waals surface area contributed by atoms with Crippen molar-refractivity contribution in [2.75, 3.05) is 13.2 Å². The number of aryl methyl sites for hydroxylation is 1. The van der Waals surface area contributed by atoms with Crippen LogP contribution in [0, 0.1) is 6.92 Å². The smallest absolute Gasteiger partial charge is 0.297 e. The van der Waals surface area contributed by atoms with Crippen LogP contribution in [-0.4, -0.2) is 98.4 Å². The van der Waals surface area contributed by atoms with Crippen molar-refractivity contribution in [2.45, 2.75) is 93.1 Å². The first-order valence-corrected chi connectivity index (χ1v) is 19.0. The molecule has 290 valence electrons. The zero-order valence-electron chi connectivity index (χ0n) is 29.6. The molecule has 2 aliphatic heterocycles. The summed E-state index contributed by atoms with van der Waals surface area (Å²) in [6.45, 7) is 1.01. The molecule has 0 amide bonds. The van der Waals surface area contributed by atoms with E-state index in [0.717, 1.165) is 22.3 Å². The molecule has 0 saturated carbocycles. The summed E-state index contributed by atoms with van der Waals surface area (Å²) in [5.41, 5.74) is 3.39. The minimum atomic E-state index is -4.28. The fourth-order valence-corrected chi connectivity index (χ4v) is 7.10. The zero-order chi connectivity index (χ0) is 38.1. The first-order chi connectivity index (χ1) is 26.1. The van der Waals surface area contributed by atoms with Gasteiger partial charge in [0.25, 0.3) is 10.1 Å². The Hall–Kier alpha value is -3.64. The molecule has 12 nitrogen and oxygen atoms in total. The second-order valence-electron chi connectivity index (χ2n) is 13.2. The molecule has 0 spiro atoms. The van der Waals surface area contributed by atoms with E-state index in [-0.39, 0.29) is 24.7 Å². The molecule has 0 aromatic heterocycles. The van der Waals surface area contributed by atoms with E-state index in [1.165, 1.54) is 12.1 Å². The van der Waals surface area contributed by atoms with Gasteiger partial charge in [0.1, 0.15) is 42.7 Å². The molecule has 4 aromatic rings. The molecule has 0 unspecified atom stereocenters. The number of hydrogen-bond donors (Lipinski definition) is 3. The van der Waals surface area contributed by atoms with Crippen LogP contribution < -0.4 is 0 Å². The Labute approximate surface area is 314 Å². The van der Waals surface area contributed by atoms with E-state index in [2.05, 4.69) is 0 Å². The highest BCUT2D eigenvalue weighted by atomic mass is 32.2. The van der Waals surface area contributed by atoms with Crippen LogP contribution in [0.1, 0.15) is 22.3 Å². The third-order valence-electron chi connectivity index (χ3n) is 9.21. The number of rotatable bonds is 16. The molecule has 6 rings (SSSR count). The summed E-state index contributed by atoms with van der Waals surface area (Å²) in [4.78, 5) is -0.125. The summed E-state index contributed by atoms with van der Waals surface area (Å²) < 4.78 is 82.8. The Morgan fingerprint density at radius 3 is 1.63 bits per heavy atom. The fourth-order valence-electron chi connectivity index (χ4n) is 6.18. The van der Waals surface area contributed by atoms with Crippen molar-refractivity contribution in [2.24, 2.45) is 0 Å². The molecule has 3 N–H and O–H groups in total. The third kappa shape index (κ3) is 10.4. The monoisotopic (exact) mass is 768 g/mol. The van der Waals surface area contributed by atoms with E-state index in [4.69, 9.17) is 32.6 Å². The molecule has 2 fully saturated rings. The molecule has 14 heteroatoms. The van der Waals surface area contributed by atoms with Crippen LogP contribution in [0.25, 0.3) is 0 Å². The van der Waals surface area contributed by atoms with Gasteiger partial charge in [0.05, 0.1) is 37.9 Å². The minimum Gasteiger partial charge on any atom is -0.387 e. The molecule has 2 heterocycles. The van der Waals surface area contributed by atoms with Crippen molar-refractivity contribution in [3.8, 4) is 0 Å². The van der Waals surface area contributed by atoms with Gasteiger partial charge in [-0.05, 0) is 35.7 Å². The van der Waals surface area contributed by atoms with Gasteiger partial charge < -0.3 is 43.7 Å². The van der Waals surface area contributed by atoms with Crippen molar-refractivity contribution >= 4 is 10.1 Å². The third-order valence-corrected chi connectivity index (χ3v) is 10.5. The zero-order valence-corrected chi connectivity index (χ0v) is 30.4. The molecular formula is C40H45FO12S. The summed E-state index contributed by atoms with van der Waals surface area (Å²) >= 11 is 0. The number of benzene rings is 4. The van der Waals surface area contributed by atoms with Gasteiger partial charge in [-0.15, -0.1) is 0 Å². The topological polar surface area (TPSA) is 159 Å². The summed E-state index contributed by atoms with van der Waals surface area (Å²) in [7, 11) is -4.28. The van der Waals surface area contributed by atoms with Crippen molar-refractivity contribution in [3.05, 3.63) is 138 Å². The SMILES string of the molecule is Cc1ccc(S(=O)(=O)OC[C@H]2O[C@H](OC[C@H]3O[C@H](O)[C@@H](OCc4ccccc4)[C@@H](OCc4ccccc4)[C@@H]3OCc3ccccc3)[C@@H](F)[C@@H](O)[C@@H]2O)cc1. The lowest BCUT2D eigenvalue weighted by Crippen LogP contribution is -2.62. The maximum Gasteiger partial charge on any atom is 0.297 e. The largest absolute Gasteiger partial charge is 0.387 e. The van der Waals surface area contributed by atoms with E-state index in [9.17, 15) is 23.7 Å². The summed E-state index contributed by atoms with van der Waals surface area (Å²) in [6.07, 6.45) is -14.9. The van der Waals surface area contributed by atoms with Crippen LogP contribution in [0.5, 0.6) is 0 Å². The molecule has 54 heavy (non-hydrogen) atoms. The quantitative estimate of drug-likeness (QED) is 0.141. The maximum absolute atomic E-state index is 15.5. The van der Waals surface area contributed by atoms with Gasteiger partial charge >= 0.3 is 0 Å².